The molecule has 0 spiro atoms. The van der Waals surface area contributed by atoms with Gasteiger partial charge in [0, 0.05) is 29.2 Å². The fraction of sp³-hybridized carbons (Fsp3) is 0.250. The topological polar surface area (TPSA) is 92.2 Å². The van der Waals surface area contributed by atoms with E-state index in [1.54, 1.807) is 48.1 Å². The fourth-order valence-electron chi connectivity index (χ4n) is 3.72. The Labute approximate surface area is 199 Å². The Morgan fingerprint density at radius 3 is 2.68 bits per heavy atom. The minimum Gasteiger partial charge on any atom is -0.461 e. The quantitative estimate of drug-likeness (QED) is 0.195. The highest BCUT2D eigenvalue weighted by Crippen LogP contribution is 2.25. The molecule has 10 heteroatoms. The number of ether oxygens (including phenoxy) is 1. The Balaban J connectivity index is 1.37. The molecule has 34 heavy (non-hydrogen) atoms. The zero-order valence-corrected chi connectivity index (χ0v) is 19.8. The number of Topliss-reactive ketones (excluding diaryl/α,β-unsaturated/α-hetero) is 1. The molecule has 176 valence electrons. The number of hydrogen-bond acceptors (Lipinski definition) is 7. The van der Waals surface area contributed by atoms with Gasteiger partial charge in [-0.2, -0.15) is 0 Å². The molecule has 4 aromatic rings. The van der Waals surface area contributed by atoms with E-state index in [2.05, 4.69) is 10.2 Å². The summed E-state index contributed by atoms with van der Waals surface area (Å²) in [5, 5.41) is 8.82. The van der Waals surface area contributed by atoms with Crippen LogP contribution in [-0.4, -0.2) is 43.4 Å². The number of esters is 1. The van der Waals surface area contributed by atoms with Crippen LogP contribution < -0.4 is 0 Å². The molecule has 0 radical (unpaired) electrons. The highest BCUT2D eigenvalue weighted by atomic mass is 32.2. The van der Waals surface area contributed by atoms with Crippen molar-refractivity contribution in [2.75, 3.05) is 12.4 Å². The molecule has 3 aromatic heterocycles. The van der Waals surface area contributed by atoms with Crippen molar-refractivity contribution >= 4 is 23.5 Å². The standard InChI is InChI=1S/C24H23FN4O4S/c1-4-28-23(21-9-6-10-32-21)26-27-24(28)34-14-22(31)33-13-20(30)19-11-15(2)29(16(19)3)18-8-5-7-17(25)12-18/h5-12H,4,13-14H2,1-3H3. The lowest BCUT2D eigenvalue weighted by molar-refractivity contribution is -0.139. The minimum atomic E-state index is -0.539. The Morgan fingerprint density at radius 2 is 1.97 bits per heavy atom. The first-order valence-electron chi connectivity index (χ1n) is 10.6. The summed E-state index contributed by atoms with van der Waals surface area (Å²) in [4.78, 5) is 25.0. The van der Waals surface area contributed by atoms with Crippen LogP contribution in [0, 0.1) is 19.7 Å². The lowest BCUT2D eigenvalue weighted by Gasteiger charge is -2.10. The third-order valence-corrected chi connectivity index (χ3v) is 6.20. The van der Waals surface area contributed by atoms with Gasteiger partial charge in [-0.25, -0.2) is 4.39 Å². The molecule has 0 N–H and O–H groups in total. The predicted molar refractivity (Wildman–Crippen MR) is 125 cm³/mol. The van der Waals surface area contributed by atoms with E-state index in [0.29, 0.717) is 40.2 Å². The Hall–Kier alpha value is -3.66. The van der Waals surface area contributed by atoms with E-state index in [9.17, 15) is 14.0 Å². The molecule has 0 amide bonds. The van der Waals surface area contributed by atoms with Crippen molar-refractivity contribution in [2.24, 2.45) is 0 Å². The molecule has 0 saturated carbocycles. The van der Waals surface area contributed by atoms with Crippen LogP contribution in [0.25, 0.3) is 17.3 Å². The second-order valence-corrected chi connectivity index (χ2v) is 8.44. The number of thioether (sulfide) groups is 1. The smallest absolute Gasteiger partial charge is 0.316 e. The maximum atomic E-state index is 13.7. The maximum Gasteiger partial charge on any atom is 0.316 e. The van der Waals surface area contributed by atoms with Crippen molar-refractivity contribution in [1.82, 2.24) is 19.3 Å². The van der Waals surface area contributed by atoms with E-state index in [-0.39, 0.29) is 24.0 Å². The zero-order valence-electron chi connectivity index (χ0n) is 18.9. The van der Waals surface area contributed by atoms with Crippen LogP contribution in [0.15, 0.2) is 58.3 Å². The molecule has 3 heterocycles. The average molecular weight is 483 g/mol. The summed E-state index contributed by atoms with van der Waals surface area (Å²) in [6, 6.07) is 11.4. The highest BCUT2D eigenvalue weighted by molar-refractivity contribution is 7.99. The number of aromatic nitrogens is 4. The molecule has 0 atom stereocenters. The minimum absolute atomic E-state index is 0.0219. The summed E-state index contributed by atoms with van der Waals surface area (Å²) in [6.45, 7) is 5.76. The number of rotatable bonds is 9. The van der Waals surface area contributed by atoms with Gasteiger partial charge in [0.25, 0.3) is 0 Å². The molecule has 8 nitrogen and oxygen atoms in total. The summed E-state index contributed by atoms with van der Waals surface area (Å²) in [6.07, 6.45) is 1.56. The third kappa shape index (κ3) is 4.81. The molecule has 0 unspecified atom stereocenters. The van der Waals surface area contributed by atoms with Crippen molar-refractivity contribution in [3.8, 4) is 17.3 Å². The van der Waals surface area contributed by atoms with Crippen LogP contribution in [0.3, 0.4) is 0 Å². The first kappa shape index (κ1) is 23.5. The number of carbonyl (C=O) groups is 2. The van der Waals surface area contributed by atoms with Gasteiger partial charge in [-0.1, -0.05) is 17.8 Å². The number of halogens is 1. The number of benzene rings is 1. The summed E-state index contributed by atoms with van der Waals surface area (Å²) >= 11 is 1.18. The summed E-state index contributed by atoms with van der Waals surface area (Å²) in [5.74, 6) is -0.0865. The van der Waals surface area contributed by atoms with E-state index < -0.39 is 5.97 Å². The highest BCUT2D eigenvalue weighted by Gasteiger charge is 2.20. The van der Waals surface area contributed by atoms with Crippen LogP contribution >= 0.6 is 11.8 Å². The monoisotopic (exact) mass is 482 g/mol. The molecular formula is C24H23FN4O4S. The van der Waals surface area contributed by atoms with Gasteiger partial charge in [0.2, 0.25) is 5.78 Å². The van der Waals surface area contributed by atoms with Gasteiger partial charge in [-0.15, -0.1) is 10.2 Å². The second kappa shape index (κ2) is 10.1. The molecule has 0 fully saturated rings. The molecular weight excluding hydrogens is 459 g/mol. The number of aryl methyl sites for hydroxylation is 1. The van der Waals surface area contributed by atoms with Crippen molar-refractivity contribution in [2.45, 2.75) is 32.5 Å². The molecule has 0 aliphatic carbocycles. The lowest BCUT2D eigenvalue weighted by Crippen LogP contribution is -2.16. The fourth-order valence-corrected chi connectivity index (χ4v) is 4.52. The largest absolute Gasteiger partial charge is 0.461 e. The third-order valence-electron chi connectivity index (χ3n) is 5.26. The van der Waals surface area contributed by atoms with Crippen LogP contribution in [0.4, 0.5) is 4.39 Å². The Kier molecular flexibility index (Phi) is 6.97. The van der Waals surface area contributed by atoms with Crippen LogP contribution in [0.5, 0.6) is 0 Å². The van der Waals surface area contributed by atoms with Crippen molar-refractivity contribution in [3.63, 3.8) is 0 Å². The summed E-state index contributed by atoms with van der Waals surface area (Å²) in [5.41, 5.74) is 2.48. The van der Waals surface area contributed by atoms with E-state index in [0.717, 1.165) is 5.69 Å². The van der Waals surface area contributed by atoms with E-state index in [4.69, 9.17) is 9.15 Å². The van der Waals surface area contributed by atoms with Gasteiger partial charge in [0.05, 0.1) is 12.0 Å². The summed E-state index contributed by atoms with van der Waals surface area (Å²) < 4.78 is 27.9. The van der Waals surface area contributed by atoms with E-state index >= 15 is 0 Å². The van der Waals surface area contributed by atoms with Gasteiger partial charge in [-0.05, 0) is 57.2 Å². The van der Waals surface area contributed by atoms with Crippen LogP contribution in [0.1, 0.15) is 28.7 Å². The maximum absolute atomic E-state index is 13.7. The normalized spacial score (nSPS) is 11.1. The number of furan rings is 1. The first-order valence-corrected chi connectivity index (χ1v) is 11.6. The zero-order chi connectivity index (χ0) is 24.2. The Bertz CT molecular complexity index is 1330. The van der Waals surface area contributed by atoms with Crippen LogP contribution in [-0.2, 0) is 16.1 Å². The van der Waals surface area contributed by atoms with Gasteiger partial charge < -0.3 is 13.7 Å². The molecule has 0 aliphatic rings. The number of carbonyl (C=O) groups excluding carboxylic acids is 2. The molecule has 0 saturated heterocycles. The van der Waals surface area contributed by atoms with Gasteiger partial charge in [-0.3, -0.25) is 14.2 Å². The van der Waals surface area contributed by atoms with Crippen molar-refractivity contribution < 1.29 is 23.1 Å². The number of nitrogens with zero attached hydrogens (tertiary/aromatic N) is 4. The van der Waals surface area contributed by atoms with Crippen molar-refractivity contribution in [1.29, 1.82) is 0 Å². The Morgan fingerprint density at radius 1 is 1.15 bits per heavy atom. The van der Waals surface area contributed by atoms with Gasteiger partial charge >= 0.3 is 5.97 Å². The second-order valence-electron chi connectivity index (χ2n) is 7.50. The van der Waals surface area contributed by atoms with Crippen LogP contribution in [0.2, 0.25) is 0 Å². The van der Waals surface area contributed by atoms with Crippen molar-refractivity contribution in [3.05, 3.63) is 71.5 Å². The van der Waals surface area contributed by atoms with Gasteiger partial charge in [0.15, 0.2) is 23.3 Å². The number of hydrogen-bond donors (Lipinski definition) is 0. The molecule has 0 bridgehead atoms. The predicted octanol–water partition coefficient (Wildman–Crippen LogP) is 4.62. The lowest BCUT2D eigenvalue weighted by atomic mass is 10.1. The molecule has 0 aliphatic heterocycles. The summed E-state index contributed by atoms with van der Waals surface area (Å²) in [7, 11) is 0. The number of ketones is 1. The first-order chi connectivity index (χ1) is 16.4. The van der Waals surface area contributed by atoms with E-state index in [1.807, 2.05) is 18.4 Å². The van der Waals surface area contributed by atoms with E-state index in [1.165, 1.54) is 23.9 Å². The molecule has 4 rings (SSSR count). The van der Waals surface area contributed by atoms with Gasteiger partial charge in [0.1, 0.15) is 5.82 Å². The SMILES string of the molecule is CCn1c(SCC(=O)OCC(=O)c2cc(C)n(-c3cccc(F)c3)c2C)nnc1-c1ccco1. The average Bonchev–Trinajstić information content (AvgIpc) is 3.54. The molecule has 1 aromatic carbocycles.